The van der Waals surface area contributed by atoms with Gasteiger partial charge < -0.3 is 20.1 Å². The van der Waals surface area contributed by atoms with Crippen LogP contribution in [0.3, 0.4) is 0 Å². The smallest absolute Gasteiger partial charge is 0.444 e. The molecule has 0 bridgehead atoms. The van der Waals surface area contributed by atoms with E-state index < -0.39 is 42.7 Å². The van der Waals surface area contributed by atoms with Crippen molar-refractivity contribution in [3.8, 4) is 0 Å². The van der Waals surface area contributed by atoms with Gasteiger partial charge in [0.2, 0.25) is 0 Å². The first-order chi connectivity index (χ1) is 15.3. The lowest BCUT2D eigenvalue weighted by Gasteiger charge is -2.21. The third-order valence-corrected chi connectivity index (χ3v) is 4.44. The number of aryl methyl sites for hydroxylation is 1. The molecule has 1 saturated heterocycles. The Morgan fingerprint density at radius 1 is 1.30 bits per heavy atom. The summed E-state index contributed by atoms with van der Waals surface area (Å²) in [4.78, 5) is 24.4. The van der Waals surface area contributed by atoms with Crippen LogP contribution in [0.1, 0.15) is 55.2 Å². The van der Waals surface area contributed by atoms with Crippen molar-refractivity contribution in [1.29, 1.82) is 0 Å². The Balaban J connectivity index is 1.54. The molecule has 3 rings (SSSR count). The molecular weight excluding hydrogens is 449 g/mol. The number of carbonyl (C=O) groups excluding carboxylic acids is 2. The van der Waals surface area contributed by atoms with Gasteiger partial charge in [-0.3, -0.25) is 19.3 Å². The average Bonchev–Trinajstić information content (AvgIpc) is 3.37. The first kappa shape index (κ1) is 24.5. The predicted molar refractivity (Wildman–Crippen MR) is 107 cm³/mol. The number of rotatable bonds is 6. The number of nitrogens with one attached hydrogen (secondary N) is 3. The first-order valence-corrected chi connectivity index (χ1v) is 10.00. The van der Waals surface area contributed by atoms with Crippen LogP contribution in [-0.4, -0.2) is 56.6 Å². The SMILES string of the molecule is Cn1nc(COC(F)(F)F)cc1C(=O)Nc1cc([C@H]2C[C@@H](OC(=O)NC(C)(C)C)CO2)[nH]n1. The van der Waals surface area contributed by atoms with E-state index in [2.05, 4.69) is 30.7 Å². The Morgan fingerprint density at radius 2 is 2.03 bits per heavy atom. The summed E-state index contributed by atoms with van der Waals surface area (Å²) in [6.45, 7) is 4.91. The number of aromatic nitrogens is 4. The van der Waals surface area contributed by atoms with Crippen molar-refractivity contribution in [2.75, 3.05) is 11.9 Å². The molecule has 0 unspecified atom stereocenters. The van der Waals surface area contributed by atoms with Gasteiger partial charge >= 0.3 is 12.5 Å². The van der Waals surface area contributed by atoms with E-state index in [1.54, 1.807) is 6.07 Å². The lowest BCUT2D eigenvalue weighted by Crippen LogP contribution is -2.42. The summed E-state index contributed by atoms with van der Waals surface area (Å²) in [6.07, 6.45) is -5.79. The van der Waals surface area contributed by atoms with Gasteiger partial charge in [0, 0.05) is 25.1 Å². The third-order valence-electron chi connectivity index (χ3n) is 4.44. The minimum Gasteiger partial charge on any atom is -0.444 e. The van der Waals surface area contributed by atoms with E-state index in [1.807, 2.05) is 20.8 Å². The minimum atomic E-state index is -4.80. The zero-order chi connectivity index (χ0) is 24.4. The molecule has 0 aliphatic carbocycles. The fraction of sp³-hybridized carbons (Fsp3) is 0.579. The molecule has 2 aromatic rings. The van der Waals surface area contributed by atoms with Crippen LogP contribution in [-0.2, 0) is 27.9 Å². The topological polar surface area (TPSA) is 132 Å². The Labute approximate surface area is 186 Å². The molecule has 1 fully saturated rings. The number of alkyl halides is 3. The fourth-order valence-electron chi connectivity index (χ4n) is 3.10. The molecule has 1 aliphatic rings. The Bertz CT molecular complexity index is 997. The largest absolute Gasteiger partial charge is 0.522 e. The van der Waals surface area contributed by atoms with Gasteiger partial charge in [0.15, 0.2) is 5.82 Å². The summed E-state index contributed by atoms with van der Waals surface area (Å²) in [7, 11) is 1.42. The second-order valence-electron chi connectivity index (χ2n) is 8.50. The van der Waals surface area contributed by atoms with Gasteiger partial charge in [-0.15, -0.1) is 13.2 Å². The number of ether oxygens (including phenoxy) is 3. The summed E-state index contributed by atoms with van der Waals surface area (Å²) >= 11 is 0. The maximum Gasteiger partial charge on any atom is 0.522 e. The lowest BCUT2D eigenvalue weighted by molar-refractivity contribution is -0.330. The Morgan fingerprint density at radius 3 is 2.70 bits per heavy atom. The van der Waals surface area contributed by atoms with Crippen LogP contribution >= 0.6 is 0 Å². The van der Waals surface area contributed by atoms with Crippen molar-refractivity contribution >= 4 is 17.8 Å². The molecule has 2 aromatic heterocycles. The van der Waals surface area contributed by atoms with Crippen molar-refractivity contribution in [2.24, 2.45) is 7.05 Å². The second-order valence-corrected chi connectivity index (χ2v) is 8.50. The number of hydrogen-bond donors (Lipinski definition) is 3. The fourth-order valence-corrected chi connectivity index (χ4v) is 3.10. The van der Waals surface area contributed by atoms with Crippen LogP contribution in [0.25, 0.3) is 0 Å². The van der Waals surface area contributed by atoms with E-state index in [9.17, 15) is 22.8 Å². The highest BCUT2D eigenvalue weighted by atomic mass is 19.4. The normalized spacial score (nSPS) is 18.9. The molecule has 0 saturated carbocycles. The van der Waals surface area contributed by atoms with Crippen molar-refractivity contribution in [3.05, 3.63) is 29.2 Å². The number of carbonyl (C=O) groups is 2. The van der Waals surface area contributed by atoms with Gasteiger partial charge in [0.1, 0.15) is 24.5 Å². The Hall–Kier alpha value is -3.13. The molecule has 33 heavy (non-hydrogen) atoms. The third kappa shape index (κ3) is 7.18. The van der Waals surface area contributed by atoms with E-state index in [1.165, 1.54) is 13.1 Å². The van der Waals surface area contributed by atoms with Crippen molar-refractivity contribution < 1.29 is 37.0 Å². The molecular formula is C19H25F3N6O5. The molecule has 0 spiro atoms. The number of nitrogens with zero attached hydrogens (tertiary/aromatic N) is 3. The minimum absolute atomic E-state index is 0.0239. The van der Waals surface area contributed by atoms with Crippen LogP contribution in [0, 0.1) is 0 Å². The van der Waals surface area contributed by atoms with Gasteiger partial charge in [-0.05, 0) is 26.8 Å². The number of halogens is 3. The summed E-state index contributed by atoms with van der Waals surface area (Å²) in [5.74, 6) is -0.434. The van der Waals surface area contributed by atoms with Gasteiger partial charge in [-0.1, -0.05) is 0 Å². The predicted octanol–water partition coefficient (Wildman–Crippen LogP) is 2.79. The van der Waals surface area contributed by atoms with Gasteiger partial charge in [0.25, 0.3) is 5.91 Å². The van der Waals surface area contributed by atoms with E-state index in [4.69, 9.17) is 9.47 Å². The lowest BCUT2D eigenvalue weighted by atomic mass is 10.1. The summed E-state index contributed by atoms with van der Waals surface area (Å²) < 4.78 is 52.4. The second kappa shape index (κ2) is 9.39. The molecule has 2 amide bonds. The summed E-state index contributed by atoms with van der Waals surface area (Å²) in [6, 6.07) is 2.75. The molecule has 3 N–H and O–H groups in total. The zero-order valence-corrected chi connectivity index (χ0v) is 18.4. The van der Waals surface area contributed by atoms with Crippen molar-refractivity contribution in [3.63, 3.8) is 0 Å². The maximum absolute atomic E-state index is 12.5. The standard InChI is InChI=1S/C19H25F3N6O5/c1-18(2,3)24-17(30)33-11-6-14(31-9-11)12-7-15(26-25-12)23-16(29)13-5-10(27-28(13)4)8-32-19(20,21)22/h5,7,11,14H,6,8-9H2,1-4H3,(H,24,30)(H2,23,25,26,29)/t11-,14-/m1/s1. The molecule has 14 heteroatoms. The number of amides is 2. The van der Waals surface area contributed by atoms with Crippen LogP contribution in [0.15, 0.2) is 12.1 Å². The molecule has 1 aliphatic heterocycles. The molecule has 11 nitrogen and oxygen atoms in total. The van der Waals surface area contributed by atoms with Crippen LogP contribution < -0.4 is 10.6 Å². The van der Waals surface area contributed by atoms with Crippen molar-refractivity contribution in [1.82, 2.24) is 25.3 Å². The van der Waals surface area contributed by atoms with E-state index in [0.717, 1.165) is 4.68 Å². The monoisotopic (exact) mass is 474 g/mol. The Kier molecular flexibility index (Phi) is 6.97. The zero-order valence-electron chi connectivity index (χ0n) is 18.4. The number of hydrogen-bond acceptors (Lipinski definition) is 7. The van der Waals surface area contributed by atoms with Crippen molar-refractivity contribution in [2.45, 2.75) is 57.9 Å². The van der Waals surface area contributed by atoms with E-state index in [0.29, 0.717) is 12.1 Å². The van der Waals surface area contributed by atoms with Crippen LogP contribution in [0.2, 0.25) is 0 Å². The van der Waals surface area contributed by atoms with Gasteiger partial charge in [-0.25, -0.2) is 4.79 Å². The summed E-state index contributed by atoms with van der Waals surface area (Å²) in [5, 5.41) is 15.9. The molecule has 182 valence electrons. The average molecular weight is 474 g/mol. The van der Waals surface area contributed by atoms with E-state index >= 15 is 0 Å². The molecule has 3 heterocycles. The molecule has 0 radical (unpaired) electrons. The maximum atomic E-state index is 12.5. The van der Waals surface area contributed by atoms with Gasteiger partial charge in [0.05, 0.1) is 18.0 Å². The summed E-state index contributed by atoms with van der Waals surface area (Å²) in [5.41, 5.74) is 0.114. The number of aromatic amines is 1. The first-order valence-electron chi connectivity index (χ1n) is 10.00. The highest BCUT2D eigenvalue weighted by molar-refractivity contribution is 6.02. The quantitative estimate of drug-likeness (QED) is 0.586. The van der Waals surface area contributed by atoms with Crippen LogP contribution in [0.5, 0.6) is 0 Å². The number of anilines is 1. The molecule has 2 atom stereocenters. The van der Waals surface area contributed by atoms with E-state index in [-0.39, 0.29) is 23.8 Å². The van der Waals surface area contributed by atoms with Gasteiger partial charge in [-0.2, -0.15) is 10.2 Å². The number of H-pyrrole nitrogens is 1. The number of alkyl carbamates (subject to hydrolysis) is 1. The van der Waals surface area contributed by atoms with Crippen LogP contribution in [0.4, 0.5) is 23.8 Å². The molecule has 0 aromatic carbocycles. The highest BCUT2D eigenvalue weighted by Crippen LogP contribution is 2.30. The highest BCUT2D eigenvalue weighted by Gasteiger charge is 2.32.